The molecule has 0 aliphatic carbocycles. The molecule has 0 spiro atoms. The molecule has 0 aliphatic heterocycles. The van der Waals surface area contributed by atoms with Crippen molar-refractivity contribution >= 4 is 27.8 Å². The first-order chi connectivity index (χ1) is 9.84. The van der Waals surface area contributed by atoms with Gasteiger partial charge < -0.3 is 5.32 Å². The Balaban J connectivity index is 2.00. The highest BCUT2D eigenvalue weighted by molar-refractivity contribution is 7.83. The van der Waals surface area contributed by atoms with Gasteiger partial charge in [0, 0.05) is 39.3 Å². The maximum absolute atomic E-state index is 11.3. The molecule has 0 unspecified atom stereocenters. The van der Waals surface area contributed by atoms with E-state index in [2.05, 4.69) is 42.5 Å². The van der Waals surface area contributed by atoms with E-state index < -0.39 is 10.8 Å². The number of benzene rings is 1. The van der Waals surface area contributed by atoms with Crippen molar-refractivity contribution in [2.24, 2.45) is 0 Å². The zero-order chi connectivity index (χ0) is 15.5. The Morgan fingerprint density at radius 3 is 2.71 bits per heavy atom. The highest BCUT2D eigenvalue weighted by Crippen LogP contribution is 2.25. The Morgan fingerprint density at radius 1 is 1.33 bits per heavy atom. The summed E-state index contributed by atoms with van der Waals surface area (Å²) >= 11 is 1.71. The van der Waals surface area contributed by atoms with Gasteiger partial charge in [0.15, 0.2) is 0 Å². The molecule has 2 aromatic rings. The normalized spacial score (nSPS) is 13.1. The molecule has 5 heteroatoms. The van der Waals surface area contributed by atoms with E-state index in [0.29, 0.717) is 12.3 Å². The second kappa shape index (κ2) is 6.71. The second-order valence-electron chi connectivity index (χ2n) is 6.17. The Kier molecular flexibility index (Phi) is 5.17. The summed E-state index contributed by atoms with van der Waals surface area (Å²) < 4.78 is 11.3. The molecule has 114 valence electrons. The molecule has 1 N–H and O–H groups in total. The first-order valence-electron chi connectivity index (χ1n) is 6.92. The summed E-state index contributed by atoms with van der Waals surface area (Å²) in [5.41, 5.74) is 3.31. The Bertz CT molecular complexity index is 629. The van der Waals surface area contributed by atoms with Gasteiger partial charge in [-0.3, -0.25) is 4.21 Å². The zero-order valence-electron chi connectivity index (χ0n) is 13.0. The van der Waals surface area contributed by atoms with Crippen LogP contribution in [0.3, 0.4) is 0 Å². The third kappa shape index (κ3) is 4.93. The second-order valence-corrected chi connectivity index (χ2v) is 8.46. The van der Waals surface area contributed by atoms with Crippen molar-refractivity contribution < 1.29 is 4.21 Å². The number of nitrogens with one attached hydrogen (secondary N) is 1. The van der Waals surface area contributed by atoms with E-state index in [4.69, 9.17) is 0 Å². The molecule has 0 amide bonds. The summed E-state index contributed by atoms with van der Waals surface area (Å²) in [6.45, 7) is 7.25. The quantitative estimate of drug-likeness (QED) is 0.907. The largest absolute Gasteiger partial charge is 0.379 e. The lowest BCUT2D eigenvalue weighted by Crippen LogP contribution is -2.11. The molecule has 0 saturated heterocycles. The summed E-state index contributed by atoms with van der Waals surface area (Å²) in [6, 6.07) is 8.08. The van der Waals surface area contributed by atoms with Crippen molar-refractivity contribution in [2.45, 2.75) is 38.5 Å². The summed E-state index contributed by atoms with van der Waals surface area (Å²) in [7, 11) is -0.810. The summed E-state index contributed by atoms with van der Waals surface area (Å²) in [5, 5.41) is 6.66. The van der Waals surface area contributed by atoms with Crippen LogP contribution in [0.25, 0.3) is 0 Å². The van der Waals surface area contributed by atoms with Gasteiger partial charge >= 0.3 is 0 Å². The molecule has 1 atom stereocenters. The number of nitrogens with zero attached hydrogens (tertiary/aromatic N) is 1. The van der Waals surface area contributed by atoms with E-state index >= 15 is 0 Å². The molecule has 1 heterocycles. The average Bonchev–Trinajstić information content (AvgIpc) is 2.84. The van der Waals surface area contributed by atoms with Crippen molar-refractivity contribution in [3.63, 3.8) is 0 Å². The van der Waals surface area contributed by atoms with Gasteiger partial charge in [0.2, 0.25) is 0 Å². The number of aromatic nitrogens is 1. The highest BCUT2D eigenvalue weighted by atomic mass is 32.2. The van der Waals surface area contributed by atoms with Crippen LogP contribution in [0.15, 0.2) is 29.6 Å². The Morgan fingerprint density at radius 2 is 2.10 bits per heavy atom. The Labute approximate surface area is 133 Å². The average molecular weight is 322 g/mol. The van der Waals surface area contributed by atoms with E-state index in [1.165, 1.54) is 0 Å². The molecule has 21 heavy (non-hydrogen) atoms. The lowest BCUT2D eigenvalue weighted by molar-refractivity contribution is 0.583. The minimum absolute atomic E-state index is 0.105. The van der Waals surface area contributed by atoms with Crippen LogP contribution in [0.4, 0.5) is 5.69 Å². The van der Waals surface area contributed by atoms with Crippen LogP contribution in [-0.4, -0.2) is 15.4 Å². The zero-order valence-corrected chi connectivity index (χ0v) is 14.6. The van der Waals surface area contributed by atoms with Gasteiger partial charge in [-0.15, -0.1) is 11.3 Å². The monoisotopic (exact) mass is 322 g/mol. The minimum atomic E-state index is -0.810. The van der Waals surface area contributed by atoms with Crippen molar-refractivity contribution in [1.82, 2.24) is 4.98 Å². The predicted molar refractivity (Wildman–Crippen MR) is 92.4 cm³/mol. The molecule has 0 fully saturated rings. The van der Waals surface area contributed by atoms with Crippen molar-refractivity contribution in [3.05, 3.63) is 45.9 Å². The van der Waals surface area contributed by atoms with Gasteiger partial charge in [0.25, 0.3) is 0 Å². The van der Waals surface area contributed by atoms with Crippen LogP contribution in [0.1, 0.15) is 37.0 Å². The van der Waals surface area contributed by atoms with Crippen LogP contribution in [0.2, 0.25) is 0 Å². The number of anilines is 1. The van der Waals surface area contributed by atoms with Gasteiger partial charge in [0.1, 0.15) is 0 Å². The SMILES string of the molecule is C[S@](=O)Cc1cccc(NCc2csc(C(C)(C)C)n2)c1. The predicted octanol–water partition coefficient (Wildman–Crippen LogP) is 3.93. The van der Waals surface area contributed by atoms with Crippen molar-refractivity contribution in [3.8, 4) is 0 Å². The molecule has 1 aromatic heterocycles. The van der Waals surface area contributed by atoms with Crippen molar-refractivity contribution in [1.29, 1.82) is 0 Å². The van der Waals surface area contributed by atoms with Crippen molar-refractivity contribution in [2.75, 3.05) is 11.6 Å². The third-order valence-electron chi connectivity index (χ3n) is 2.96. The standard InChI is InChI=1S/C16H22N2OS2/c1-16(2,3)15-18-14(10-20-15)9-17-13-7-5-6-12(8-13)11-21(4)19/h5-8,10,17H,9,11H2,1-4H3/t21-/m0/s1. The molecule has 0 saturated carbocycles. The lowest BCUT2D eigenvalue weighted by atomic mass is 9.98. The molecule has 1 aromatic carbocycles. The van der Waals surface area contributed by atoms with Gasteiger partial charge in [-0.05, 0) is 17.7 Å². The smallest absolute Gasteiger partial charge is 0.0982 e. The number of hydrogen-bond acceptors (Lipinski definition) is 4. The fourth-order valence-electron chi connectivity index (χ4n) is 1.93. The van der Waals surface area contributed by atoms with Crippen LogP contribution in [0, 0.1) is 0 Å². The Hall–Kier alpha value is -1.20. The highest BCUT2D eigenvalue weighted by Gasteiger charge is 2.17. The maximum atomic E-state index is 11.3. The molecular formula is C16H22N2OS2. The van der Waals surface area contributed by atoms with E-state index in [-0.39, 0.29) is 5.41 Å². The number of thiazole rings is 1. The van der Waals surface area contributed by atoms with Gasteiger partial charge in [0.05, 0.1) is 17.2 Å². The van der Waals surface area contributed by atoms with Crippen LogP contribution in [-0.2, 0) is 28.5 Å². The fraction of sp³-hybridized carbons (Fsp3) is 0.438. The fourth-order valence-corrected chi connectivity index (χ4v) is 3.49. The maximum Gasteiger partial charge on any atom is 0.0982 e. The molecule has 2 rings (SSSR count). The summed E-state index contributed by atoms with van der Waals surface area (Å²) in [6.07, 6.45) is 1.73. The molecule has 0 radical (unpaired) electrons. The third-order valence-corrected chi connectivity index (χ3v) is 5.02. The number of rotatable bonds is 5. The van der Waals surface area contributed by atoms with Crippen LogP contribution >= 0.6 is 11.3 Å². The van der Waals surface area contributed by atoms with Gasteiger partial charge in [-0.1, -0.05) is 32.9 Å². The van der Waals surface area contributed by atoms with E-state index in [9.17, 15) is 4.21 Å². The van der Waals surface area contributed by atoms with E-state index in [1.54, 1.807) is 17.6 Å². The first kappa shape index (κ1) is 16.2. The van der Waals surface area contributed by atoms with Gasteiger partial charge in [-0.2, -0.15) is 0 Å². The lowest BCUT2D eigenvalue weighted by Gasteiger charge is -2.13. The molecule has 0 bridgehead atoms. The summed E-state index contributed by atoms with van der Waals surface area (Å²) in [4.78, 5) is 4.67. The van der Waals surface area contributed by atoms with Gasteiger partial charge in [-0.25, -0.2) is 4.98 Å². The number of hydrogen-bond donors (Lipinski definition) is 1. The first-order valence-corrected chi connectivity index (χ1v) is 9.53. The summed E-state index contributed by atoms with van der Waals surface area (Å²) in [5.74, 6) is 0.598. The van der Waals surface area contributed by atoms with E-state index in [0.717, 1.165) is 22.0 Å². The van der Waals surface area contributed by atoms with Crippen LogP contribution < -0.4 is 5.32 Å². The molecule has 0 aliphatic rings. The molecule has 3 nitrogen and oxygen atoms in total. The minimum Gasteiger partial charge on any atom is -0.379 e. The molecular weight excluding hydrogens is 300 g/mol. The van der Waals surface area contributed by atoms with Crippen LogP contribution in [0.5, 0.6) is 0 Å². The van der Waals surface area contributed by atoms with E-state index in [1.807, 2.05) is 18.2 Å². The topological polar surface area (TPSA) is 42.0 Å².